The second-order valence-corrected chi connectivity index (χ2v) is 3.58. The van der Waals surface area contributed by atoms with Crippen LogP contribution in [0.1, 0.15) is 44.8 Å². The highest BCUT2D eigenvalue weighted by Gasteiger charge is 2.15. The Kier molecular flexibility index (Phi) is 3.52. The Hall–Kier alpha value is -1.03. The fraction of sp³-hybridized carbons (Fsp3) is 0.700. The summed E-state index contributed by atoms with van der Waals surface area (Å²) in [5.41, 5.74) is 12.8. The van der Waals surface area contributed by atoms with Gasteiger partial charge < -0.3 is 16.0 Å². The molecule has 1 unspecified atom stereocenters. The summed E-state index contributed by atoms with van der Waals surface area (Å²) in [5, 5.41) is 0. The van der Waals surface area contributed by atoms with Gasteiger partial charge in [-0.2, -0.15) is 0 Å². The van der Waals surface area contributed by atoms with E-state index in [4.69, 9.17) is 11.5 Å². The van der Waals surface area contributed by atoms with Crippen molar-refractivity contribution in [1.29, 1.82) is 0 Å². The summed E-state index contributed by atoms with van der Waals surface area (Å²) in [6.45, 7) is 7.05. The first kappa shape index (κ1) is 11.0. The zero-order chi connectivity index (χ0) is 10.7. The summed E-state index contributed by atoms with van der Waals surface area (Å²) in [6.07, 6.45) is 2.05. The van der Waals surface area contributed by atoms with E-state index in [1.54, 1.807) is 0 Å². The third-order valence-electron chi connectivity index (χ3n) is 2.34. The average Bonchev–Trinajstić information content (AvgIpc) is 2.44. The lowest BCUT2D eigenvalue weighted by molar-refractivity contribution is 0.612. The predicted molar refractivity (Wildman–Crippen MR) is 58.9 cm³/mol. The van der Waals surface area contributed by atoms with Crippen LogP contribution in [0, 0.1) is 0 Å². The van der Waals surface area contributed by atoms with Gasteiger partial charge in [0.2, 0.25) is 0 Å². The van der Waals surface area contributed by atoms with Crippen LogP contribution in [0.15, 0.2) is 0 Å². The van der Waals surface area contributed by atoms with Crippen LogP contribution in [0.5, 0.6) is 0 Å². The maximum atomic E-state index is 5.85. The summed E-state index contributed by atoms with van der Waals surface area (Å²) < 4.78 is 2.13. The monoisotopic (exact) mass is 196 g/mol. The molecule has 4 N–H and O–H groups in total. The number of nitrogen functional groups attached to an aromatic ring is 1. The van der Waals surface area contributed by atoms with E-state index in [-0.39, 0.29) is 6.04 Å². The standard InChI is InChI=1S/C10H20N4/c1-4-6-8-9(12)13-10(7(3)11)14(8)5-2/h7H,4-6,11-12H2,1-3H3. The SMILES string of the molecule is CCCc1c(N)nc(C(C)N)n1CC. The maximum absolute atomic E-state index is 5.85. The first-order valence-corrected chi connectivity index (χ1v) is 5.22. The molecule has 0 radical (unpaired) electrons. The Bertz CT molecular complexity index is 301. The molecule has 0 aliphatic rings. The van der Waals surface area contributed by atoms with E-state index < -0.39 is 0 Å². The summed E-state index contributed by atoms with van der Waals surface area (Å²) >= 11 is 0. The van der Waals surface area contributed by atoms with Crippen LogP contribution >= 0.6 is 0 Å². The maximum Gasteiger partial charge on any atom is 0.145 e. The molecule has 0 amide bonds. The molecule has 1 rings (SSSR count). The Morgan fingerprint density at radius 1 is 1.43 bits per heavy atom. The highest BCUT2D eigenvalue weighted by atomic mass is 15.1. The number of anilines is 1. The van der Waals surface area contributed by atoms with Gasteiger partial charge in [0, 0.05) is 6.54 Å². The normalized spacial score (nSPS) is 13.1. The molecule has 0 bridgehead atoms. The van der Waals surface area contributed by atoms with Crippen molar-refractivity contribution in [3.63, 3.8) is 0 Å². The molecule has 1 atom stereocenters. The van der Waals surface area contributed by atoms with E-state index in [0.717, 1.165) is 30.9 Å². The van der Waals surface area contributed by atoms with E-state index in [2.05, 4.69) is 23.4 Å². The van der Waals surface area contributed by atoms with Crippen LogP contribution in [0.25, 0.3) is 0 Å². The molecule has 4 nitrogen and oxygen atoms in total. The Morgan fingerprint density at radius 2 is 2.07 bits per heavy atom. The molecule has 0 fully saturated rings. The molecule has 0 saturated heterocycles. The van der Waals surface area contributed by atoms with Gasteiger partial charge in [0.25, 0.3) is 0 Å². The van der Waals surface area contributed by atoms with E-state index in [1.807, 2.05) is 6.92 Å². The first-order valence-electron chi connectivity index (χ1n) is 5.22. The third kappa shape index (κ3) is 1.90. The van der Waals surface area contributed by atoms with Crippen LogP contribution in [0.3, 0.4) is 0 Å². The molecule has 1 heterocycles. The number of rotatable bonds is 4. The number of nitrogens with zero attached hydrogens (tertiary/aromatic N) is 2. The molecular weight excluding hydrogens is 176 g/mol. The molecule has 0 spiro atoms. The van der Waals surface area contributed by atoms with Gasteiger partial charge in [0.1, 0.15) is 11.6 Å². The molecule has 0 saturated carbocycles. The number of hydrogen-bond donors (Lipinski definition) is 2. The second kappa shape index (κ2) is 4.46. The van der Waals surface area contributed by atoms with E-state index in [1.165, 1.54) is 0 Å². The lowest BCUT2D eigenvalue weighted by atomic mass is 10.2. The van der Waals surface area contributed by atoms with Crippen LogP contribution in [-0.4, -0.2) is 9.55 Å². The van der Waals surface area contributed by atoms with Crippen molar-refractivity contribution < 1.29 is 0 Å². The van der Waals surface area contributed by atoms with E-state index in [9.17, 15) is 0 Å². The van der Waals surface area contributed by atoms with Crippen LogP contribution in [-0.2, 0) is 13.0 Å². The van der Waals surface area contributed by atoms with Crippen molar-refractivity contribution >= 4 is 5.82 Å². The summed E-state index contributed by atoms with van der Waals surface area (Å²) in [5.74, 6) is 1.54. The van der Waals surface area contributed by atoms with Crippen molar-refractivity contribution in [2.45, 2.75) is 46.2 Å². The van der Waals surface area contributed by atoms with Crippen molar-refractivity contribution in [3.8, 4) is 0 Å². The minimum Gasteiger partial charge on any atom is -0.382 e. The number of imidazole rings is 1. The van der Waals surface area contributed by atoms with Gasteiger partial charge in [-0.05, 0) is 20.3 Å². The quantitative estimate of drug-likeness (QED) is 0.766. The number of nitrogens with two attached hydrogens (primary N) is 2. The Morgan fingerprint density at radius 3 is 2.50 bits per heavy atom. The molecule has 80 valence electrons. The van der Waals surface area contributed by atoms with Crippen molar-refractivity contribution in [2.24, 2.45) is 5.73 Å². The van der Waals surface area contributed by atoms with Crippen LogP contribution < -0.4 is 11.5 Å². The molecule has 14 heavy (non-hydrogen) atoms. The van der Waals surface area contributed by atoms with Crippen molar-refractivity contribution in [1.82, 2.24) is 9.55 Å². The minimum absolute atomic E-state index is 0.0529. The Balaban J connectivity index is 3.14. The van der Waals surface area contributed by atoms with Gasteiger partial charge in [0.05, 0.1) is 11.7 Å². The predicted octanol–water partition coefficient (Wildman–Crippen LogP) is 1.46. The van der Waals surface area contributed by atoms with Crippen LogP contribution in [0.4, 0.5) is 5.82 Å². The summed E-state index contributed by atoms with van der Waals surface area (Å²) in [4.78, 5) is 4.32. The third-order valence-corrected chi connectivity index (χ3v) is 2.34. The minimum atomic E-state index is -0.0529. The highest BCUT2D eigenvalue weighted by Crippen LogP contribution is 2.19. The zero-order valence-corrected chi connectivity index (χ0v) is 9.25. The molecule has 0 aliphatic carbocycles. The largest absolute Gasteiger partial charge is 0.382 e. The molecule has 1 aromatic heterocycles. The van der Waals surface area contributed by atoms with Gasteiger partial charge >= 0.3 is 0 Å². The highest BCUT2D eigenvalue weighted by molar-refractivity contribution is 5.38. The molecule has 0 aromatic carbocycles. The van der Waals surface area contributed by atoms with Gasteiger partial charge in [-0.25, -0.2) is 4.98 Å². The lowest BCUT2D eigenvalue weighted by Gasteiger charge is -2.10. The van der Waals surface area contributed by atoms with Crippen molar-refractivity contribution in [3.05, 3.63) is 11.5 Å². The fourth-order valence-electron chi connectivity index (χ4n) is 1.73. The average molecular weight is 196 g/mol. The second-order valence-electron chi connectivity index (χ2n) is 3.58. The number of hydrogen-bond acceptors (Lipinski definition) is 3. The first-order chi connectivity index (χ1) is 6.61. The molecule has 0 aliphatic heterocycles. The molecular formula is C10H20N4. The topological polar surface area (TPSA) is 69.9 Å². The zero-order valence-electron chi connectivity index (χ0n) is 9.25. The molecule has 4 heteroatoms. The van der Waals surface area contributed by atoms with Gasteiger partial charge in [0.15, 0.2) is 0 Å². The lowest BCUT2D eigenvalue weighted by Crippen LogP contribution is -2.14. The Labute approximate surface area is 85.3 Å². The van der Waals surface area contributed by atoms with Crippen LogP contribution in [0.2, 0.25) is 0 Å². The van der Waals surface area contributed by atoms with Gasteiger partial charge in [-0.15, -0.1) is 0 Å². The van der Waals surface area contributed by atoms with E-state index >= 15 is 0 Å². The van der Waals surface area contributed by atoms with Crippen molar-refractivity contribution in [2.75, 3.05) is 5.73 Å². The molecule has 1 aromatic rings. The smallest absolute Gasteiger partial charge is 0.145 e. The summed E-state index contributed by atoms with van der Waals surface area (Å²) in [7, 11) is 0. The number of aromatic nitrogens is 2. The fourth-order valence-corrected chi connectivity index (χ4v) is 1.73. The van der Waals surface area contributed by atoms with Gasteiger partial charge in [-0.3, -0.25) is 0 Å². The summed E-state index contributed by atoms with van der Waals surface area (Å²) in [6, 6.07) is -0.0529. The van der Waals surface area contributed by atoms with Gasteiger partial charge in [-0.1, -0.05) is 13.3 Å². The van der Waals surface area contributed by atoms with E-state index in [0.29, 0.717) is 5.82 Å².